The second-order valence-electron chi connectivity index (χ2n) is 5.86. The maximum Gasteiger partial charge on any atom is 0.410 e. The van der Waals surface area contributed by atoms with Crippen molar-refractivity contribution >= 4 is 33.8 Å². The highest BCUT2D eigenvalue weighted by atomic mass is 32.1. The number of aldehydes is 1. The van der Waals surface area contributed by atoms with Gasteiger partial charge in [-0.15, -0.1) is 11.3 Å². The number of likely N-dealkylation sites (N-methyl/N-ethyl adjacent to an activating group) is 1. The van der Waals surface area contributed by atoms with Gasteiger partial charge in [-0.1, -0.05) is 18.2 Å². The highest BCUT2D eigenvalue weighted by Crippen LogP contribution is 2.32. The molecule has 21 heavy (non-hydrogen) atoms. The van der Waals surface area contributed by atoms with Crippen LogP contribution < -0.4 is 0 Å². The lowest BCUT2D eigenvalue weighted by Gasteiger charge is -2.28. The van der Waals surface area contributed by atoms with Crippen molar-refractivity contribution in [2.45, 2.75) is 32.4 Å². The third-order valence-corrected chi connectivity index (χ3v) is 4.04. The summed E-state index contributed by atoms with van der Waals surface area (Å²) >= 11 is 1.56. The molecule has 1 unspecified atom stereocenters. The van der Waals surface area contributed by atoms with Gasteiger partial charge in [-0.3, -0.25) is 4.90 Å². The molecule has 0 aliphatic rings. The average molecular weight is 305 g/mol. The third-order valence-electron chi connectivity index (χ3n) is 3.06. The Hall–Kier alpha value is -1.88. The van der Waals surface area contributed by atoms with Crippen molar-refractivity contribution < 1.29 is 14.3 Å². The van der Waals surface area contributed by atoms with E-state index in [4.69, 9.17) is 4.74 Å². The van der Waals surface area contributed by atoms with E-state index in [-0.39, 0.29) is 0 Å². The molecule has 2 rings (SSSR count). The van der Waals surface area contributed by atoms with Crippen LogP contribution in [0.15, 0.2) is 29.6 Å². The molecule has 0 fully saturated rings. The molecule has 0 spiro atoms. The van der Waals surface area contributed by atoms with Crippen LogP contribution in [0, 0.1) is 0 Å². The van der Waals surface area contributed by atoms with E-state index in [0.29, 0.717) is 0 Å². The zero-order valence-electron chi connectivity index (χ0n) is 12.6. The van der Waals surface area contributed by atoms with Gasteiger partial charge in [-0.05, 0) is 37.6 Å². The number of rotatable bonds is 3. The summed E-state index contributed by atoms with van der Waals surface area (Å²) in [7, 11) is 1.58. The first-order valence-electron chi connectivity index (χ1n) is 6.70. The van der Waals surface area contributed by atoms with Gasteiger partial charge < -0.3 is 9.53 Å². The van der Waals surface area contributed by atoms with Crippen LogP contribution in [0.2, 0.25) is 0 Å². The fourth-order valence-electron chi connectivity index (χ4n) is 2.05. The molecule has 112 valence electrons. The summed E-state index contributed by atoms with van der Waals surface area (Å²) in [6.07, 6.45) is 0.271. The van der Waals surface area contributed by atoms with Gasteiger partial charge in [0.2, 0.25) is 0 Å². The fraction of sp³-hybridized carbons (Fsp3) is 0.375. The molecule has 1 heterocycles. The molecule has 0 radical (unpaired) electrons. The molecule has 1 amide bonds. The van der Waals surface area contributed by atoms with E-state index in [1.54, 1.807) is 39.2 Å². The van der Waals surface area contributed by atoms with Gasteiger partial charge in [0.25, 0.3) is 0 Å². The van der Waals surface area contributed by atoms with Crippen LogP contribution >= 0.6 is 11.3 Å². The number of carbonyl (C=O) groups is 2. The summed E-state index contributed by atoms with van der Waals surface area (Å²) in [5.41, 5.74) is 0.245. The van der Waals surface area contributed by atoms with Gasteiger partial charge in [-0.2, -0.15) is 0 Å². The first-order chi connectivity index (χ1) is 9.83. The topological polar surface area (TPSA) is 46.6 Å². The van der Waals surface area contributed by atoms with Gasteiger partial charge in [-0.25, -0.2) is 4.79 Å². The number of fused-ring (bicyclic) bond motifs is 1. The van der Waals surface area contributed by atoms with Crippen molar-refractivity contribution in [2.24, 2.45) is 0 Å². The summed E-state index contributed by atoms with van der Waals surface area (Å²) < 4.78 is 6.42. The third kappa shape index (κ3) is 3.42. The van der Waals surface area contributed by atoms with Gasteiger partial charge >= 0.3 is 6.09 Å². The number of ether oxygens (including phenoxy) is 1. The number of carbonyl (C=O) groups excluding carboxylic acids is 2. The van der Waals surface area contributed by atoms with Gasteiger partial charge in [0, 0.05) is 17.3 Å². The van der Waals surface area contributed by atoms with E-state index in [2.05, 4.69) is 0 Å². The molecule has 0 saturated carbocycles. The predicted molar refractivity (Wildman–Crippen MR) is 84.6 cm³/mol. The van der Waals surface area contributed by atoms with Crippen LogP contribution in [0.5, 0.6) is 0 Å². The maximum atomic E-state index is 12.1. The molecule has 1 aromatic carbocycles. The van der Waals surface area contributed by atoms with E-state index < -0.39 is 17.7 Å². The normalized spacial score (nSPS) is 13.0. The Morgan fingerprint density at radius 3 is 2.62 bits per heavy atom. The predicted octanol–water partition coefficient (Wildman–Crippen LogP) is 4.01. The van der Waals surface area contributed by atoms with Gasteiger partial charge in [0.15, 0.2) is 0 Å². The van der Waals surface area contributed by atoms with Crippen LogP contribution in [0.25, 0.3) is 10.1 Å². The SMILES string of the molecule is CN(C(=O)OC(C)(C)C)C(C=O)c1csc2ccccc12. The Kier molecular flexibility index (Phi) is 4.32. The molecule has 1 aromatic heterocycles. The zero-order chi connectivity index (χ0) is 15.6. The molecular formula is C16H19NO3S. The van der Waals surface area contributed by atoms with Crippen molar-refractivity contribution in [3.8, 4) is 0 Å². The molecule has 0 bridgehead atoms. The lowest BCUT2D eigenvalue weighted by molar-refractivity contribution is -0.112. The monoisotopic (exact) mass is 305 g/mol. The Morgan fingerprint density at radius 2 is 2.00 bits per heavy atom. The minimum Gasteiger partial charge on any atom is -0.444 e. The molecule has 0 N–H and O–H groups in total. The Morgan fingerprint density at radius 1 is 1.33 bits per heavy atom. The lowest BCUT2D eigenvalue weighted by atomic mass is 10.1. The van der Waals surface area contributed by atoms with Crippen LogP contribution in [0.1, 0.15) is 32.4 Å². The van der Waals surface area contributed by atoms with Crippen molar-refractivity contribution in [1.82, 2.24) is 4.90 Å². The first-order valence-corrected chi connectivity index (χ1v) is 7.58. The van der Waals surface area contributed by atoms with E-state index in [1.165, 1.54) is 4.90 Å². The number of amides is 1. The van der Waals surface area contributed by atoms with Crippen molar-refractivity contribution in [1.29, 1.82) is 0 Å². The van der Waals surface area contributed by atoms with Gasteiger partial charge in [0.1, 0.15) is 17.9 Å². The van der Waals surface area contributed by atoms with E-state index in [1.807, 2.05) is 29.6 Å². The highest BCUT2D eigenvalue weighted by molar-refractivity contribution is 7.17. The zero-order valence-corrected chi connectivity index (χ0v) is 13.4. The Balaban J connectivity index is 2.31. The standard InChI is InChI=1S/C16H19NO3S/c1-16(2,3)20-15(19)17(4)13(9-18)12-10-21-14-8-6-5-7-11(12)14/h5-10,13H,1-4H3. The summed E-state index contributed by atoms with van der Waals surface area (Å²) in [5.74, 6) is 0. The second kappa shape index (κ2) is 5.85. The van der Waals surface area contributed by atoms with Crippen LogP contribution in [-0.4, -0.2) is 29.9 Å². The minimum atomic E-state index is -0.643. The van der Waals surface area contributed by atoms with E-state index in [9.17, 15) is 9.59 Å². The number of hydrogen-bond acceptors (Lipinski definition) is 4. The molecule has 0 aliphatic heterocycles. The quantitative estimate of drug-likeness (QED) is 0.805. The summed E-state index contributed by atoms with van der Waals surface area (Å²) in [6, 6.07) is 7.19. The van der Waals surface area contributed by atoms with Gasteiger partial charge in [0.05, 0.1) is 0 Å². The molecule has 2 aromatic rings. The Bertz CT molecular complexity index is 657. The van der Waals surface area contributed by atoms with Crippen molar-refractivity contribution in [2.75, 3.05) is 7.05 Å². The molecule has 1 atom stereocenters. The fourth-order valence-corrected chi connectivity index (χ4v) is 3.04. The summed E-state index contributed by atoms with van der Waals surface area (Å²) in [5, 5.41) is 2.92. The number of hydrogen-bond donors (Lipinski definition) is 0. The van der Waals surface area contributed by atoms with Crippen LogP contribution in [0.4, 0.5) is 4.79 Å². The van der Waals surface area contributed by atoms with Crippen molar-refractivity contribution in [3.63, 3.8) is 0 Å². The average Bonchev–Trinajstić information content (AvgIpc) is 2.82. The summed E-state index contributed by atoms with van der Waals surface area (Å²) in [4.78, 5) is 25.0. The van der Waals surface area contributed by atoms with Crippen molar-refractivity contribution in [3.05, 3.63) is 35.2 Å². The molecule has 0 saturated heterocycles. The van der Waals surface area contributed by atoms with Crippen LogP contribution in [0.3, 0.4) is 0 Å². The molecule has 4 nitrogen and oxygen atoms in total. The highest BCUT2D eigenvalue weighted by Gasteiger charge is 2.27. The van der Waals surface area contributed by atoms with E-state index in [0.717, 1.165) is 21.9 Å². The van der Waals surface area contributed by atoms with E-state index >= 15 is 0 Å². The molecule has 5 heteroatoms. The second-order valence-corrected chi connectivity index (χ2v) is 6.77. The maximum absolute atomic E-state index is 12.1. The number of nitrogens with zero attached hydrogens (tertiary/aromatic N) is 1. The van der Waals surface area contributed by atoms with Crippen LogP contribution in [-0.2, 0) is 9.53 Å². The molecule has 0 aliphatic carbocycles. The number of thiophene rings is 1. The summed E-state index contributed by atoms with van der Waals surface area (Å²) in [6.45, 7) is 5.40. The molecular weight excluding hydrogens is 286 g/mol. The Labute approximate surface area is 128 Å². The first kappa shape index (κ1) is 15.5. The lowest BCUT2D eigenvalue weighted by Crippen LogP contribution is -2.37. The largest absolute Gasteiger partial charge is 0.444 e. The number of benzene rings is 1. The minimum absolute atomic E-state index is 0.505. The smallest absolute Gasteiger partial charge is 0.410 e.